The predicted octanol–water partition coefficient (Wildman–Crippen LogP) is 4.49. The topological polar surface area (TPSA) is 64.2 Å². The van der Waals surface area contributed by atoms with Crippen molar-refractivity contribution in [3.8, 4) is 0 Å². The molecule has 31 heavy (non-hydrogen) atoms. The molecule has 4 rings (SSSR count). The van der Waals surface area contributed by atoms with Crippen molar-refractivity contribution in [2.75, 3.05) is 6.54 Å². The zero-order valence-electron chi connectivity index (χ0n) is 18.6. The zero-order chi connectivity index (χ0) is 22.2. The Morgan fingerprint density at radius 2 is 2.13 bits per heavy atom. The van der Waals surface area contributed by atoms with E-state index in [1.54, 1.807) is 16.9 Å². The van der Waals surface area contributed by atoms with E-state index in [0.717, 1.165) is 30.5 Å². The normalized spacial score (nSPS) is 18.8. The van der Waals surface area contributed by atoms with Crippen molar-refractivity contribution < 1.29 is 13.6 Å². The third-order valence-corrected chi connectivity index (χ3v) is 5.93. The second kappa shape index (κ2) is 8.29. The average molecular weight is 425 g/mol. The molecule has 1 fully saturated rings. The summed E-state index contributed by atoms with van der Waals surface area (Å²) in [6, 6.07) is 8.35. The summed E-state index contributed by atoms with van der Waals surface area (Å²) < 4.78 is 21.2. The van der Waals surface area contributed by atoms with E-state index in [-0.39, 0.29) is 11.7 Å². The molecule has 0 saturated carbocycles. The maximum Gasteiger partial charge on any atom is 0.273 e. The van der Waals surface area contributed by atoms with Gasteiger partial charge in [-0.2, -0.15) is 5.10 Å². The molecule has 0 spiro atoms. The fourth-order valence-electron chi connectivity index (χ4n) is 4.38. The highest BCUT2D eigenvalue weighted by Crippen LogP contribution is 2.39. The molecule has 0 aliphatic carbocycles. The van der Waals surface area contributed by atoms with Crippen LogP contribution in [0.15, 0.2) is 40.9 Å². The third kappa shape index (κ3) is 4.27. The fraction of sp³-hybridized carbons (Fsp3) is 0.458. The van der Waals surface area contributed by atoms with E-state index in [0.29, 0.717) is 36.2 Å². The summed E-state index contributed by atoms with van der Waals surface area (Å²) in [7, 11) is 1.81. The van der Waals surface area contributed by atoms with Crippen LogP contribution in [0.2, 0.25) is 0 Å². The quantitative estimate of drug-likeness (QED) is 0.585. The lowest BCUT2D eigenvalue weighted by Crippen LogP contribution is -2.43. The molecule has 3 heterocycles. The first-order chi connectivity index (χ1) is 14.8. The highest BCUT2D eigenvalue weighted by atomic mass is 19.1. The summed E-state index contributed by atoms with van der Waals surface area (Å²) in [5.74, 6) is 1.31. The van der Waals surface area contributed by atoms with Crippen molar-refractivity contribution in [2.24, 2.45) is 13.0 Å². The van der Waals surface area contributed by atoms with Gasteiger partial charge in [-0.25, -0.2) is 9.37 Å². The summed E-state index contributed by atoms with van der Waals surface area (Å²) in [4.78, 5) is 19.8. The Kier molecular flexibility index (Phi) is 5.69. The molecule has 6 nitrogen and oxygen atoms in total. The van der Waals surface area contributed by atoms with Gasteiger partial charge in [-0.05, 0) is 55.9 Å². The van der Waals surface area contributed by atoms with Crippen molar-refractivity contribution >= 4 is 5.91 Å². The lowest BCUT2D eigenvalue weighted by atomic mass is 9.98. The lowest BCUT2D eigenvalue weighted by Gasteiger charge is -2.32. The Hall–Kier alpha value is -2.96. The predicted molar refractivity (Wildman–Crippen MR) is 115 cm³/mol. The van der Waals surface area contributed by atoms with Gasteiger partial charge in [0.25, 0.3) is 5.91 Å². The number of halogens is 1. The molecule has 164 valence electrons. The largest absolute Gasteiger partial charge is 0.443 e. The van der Waals surface area contributed by atoms with Gasteiger partial charge in [0.15, 0.2) is 0 Å². The maximum atomic E-state index is 13.5. The lowest BCUT2D eigenvalue weighted by molar-refractivity contribution is 0.0552. The summed E-state index contributed by atoms with van der Waals surface area (Å²) in [5.41, 5.74) is 1.70. The second-order valence-corrected chi connectivity index (χ2v) is 9.02. The van der Waals surface area contributed by atoms with Gasteiger partial charge in [0.2, 0.25) is 5.89 Å². The third-order valence-electron chi connectivity index (χ3n) is 5.93. The van der Waals surface area contributed by atoms with Gasteiger partial charge in [0.1, 0.15) is 22.8 Å². The molecule has 1 aromatic carbocycles. The van der Waals surface area contributed by atoms with Crippen molar-refractivity contribution in [3.05, 3.63) is 70.9 Å². The van der Waals surface area contributed by atoms with Crippen molar-refractivity contribution in [1.82, 2.24) is 19.7 Å². The van der Waals surface area contributed by atoms with E-state index in [1.165, 1.54) is 12.1 Å². The molecule has 1 aliphatic rings. The minimum absolute atomic E-state index is 0.0603. The Morgan fingerprint density at radius 3 is 2.87 bits per heavy atom. The van der Waals surface area contributed by atoms with E-state index in [2.05, 4.69) is 23.9 Å². The molecule has 3 aromatic rings. The number of rotatable bonds is 6. The van der Waals surface area contributed by atoms with Crippen LogP contribution in [0, 0.1) is 11.7 Å². The number of benzene rings is 1. The van der Waals surface area contributed by atoms with E-state index >= 15 is 0 Å². The van der Waals surface area contributed by atoms with Gasteiger partial charge >= 0.3 is 0 Å². The molecular formula is C24H29FN4O2. The molecule has 0 unspecified atom stereocenters. The Bertz CT molecular complexity index is 1090. The number of likely N-dealkylation sites (tertiary alicyclic amines) is 1. The van der Waals surface area contributed by atoms with Crippen LogP contribution in [-0.2, 0) is 25.4 Å². The molecule has 7 heteroatoms. The fourth-order valence-corrected chi connectivity index (χ4v) is 4.38. The van der Waals surface area contributed by atoms with Gasteiger partial charge in [0.05, 0.1) is 11.9 Å². The number of aryl methyl sites for hydroxylation is 1. The van der Waals surface area contributed by atoms with Crippen LogP contribution in [0.4, 0.5) is 4.39 Å². The summed E-state index contributed by atoms with van der Waals surface area (Å²) in [5, 5.41) is 4.52. The number of hydrogen-bond donors (Lipinski definition) is 0. The van der Waals surface area contributed by atoms with Crippen LogP contribution in [0.5, 0.6) is 0 Å². The molecule has 1 atom stereocenters. The average Bonchev–Trinajstić information content (AvgIpc) is 3.40. The highest BCUT2D eigenvalue weighted by molar-refractivity contribution is 5.93. The van der Waals surface area contributed by atoms with E-state index < -0.39 is 5.54 Å². The number of carbonyl (C=O) groups is 1. The Morgan fingerprint density at radius 1 is 1.32 bits per heavy atom. The maximum absolute atomic E-state index is 13.5. The number of nitrogens with zero attached hydrogens (tertiary/aromatic N) is 4. The molecular weight excluding hydrogens is 395 g/mol. The zero-order valence-corrected chi connectivity index (χ0v) is 18.6. The summed E-state index contributed by atoms with van der Waals surface area (Å²) in [6.07, 6.45) is 4.61. The smallest absolute Gasteiger partial charge is 0.273 e. The van der Waals surface area contributed by atoms with Crippen LogP contribution in [0.1, 0.15) is 67.0 Å². The van der Waals surface area contributed by atoms with Crippen molar-refractivity contribution in [1.29, 1.82) is 0 Å². The first-order valence-electron chi connectivity index (χ1n) is 10.8. The molecule has 0 bridgehead atoms. The van der Waals surface area contributed by atoms with Crippen LogP contribution in [0.25, 0.3) is 0 Å². The first-order valence-corrected chi connectivity index (χ1v) is 10.8. The SMILES string of the molecule is CC(C)Cc1cc(C(=O)N2CCC[C@]2(C)c2ncc(Cc3cccc(F)c3)o2)n(C)n1. The molecule has 1 saturated heterocycles. The molecule has 1 amide bonds. The number of aromatic nitrogens is 3. The second-order valence-electron chi connectivity index (χ2n) is 9.02. The van der Waals surface area contributed by atoms with Gasteiger partial charge in [-0.3, -0.25) is 9.48 Å². The van der Waals surface area contributed by atoms with E-state index in [1.807, 2.05) is 31.0 Å². The number of oxazole rings is 1. The van der Waals surface area contributed by atoms with E-state index in [4.69, 9.17) is 4.42 Å². The standard InChI is InChI=1S/C24H29FN4O2/c1-16(2)11-19-14-21(28(4)27-19)22(30)29-10-6-9-24(29,3)23-26-15-20(31-23)13-17-7-5-8-18(25)12-17/h5,7-8,12,14-16H,6,9-11,13H2,1-4H3/t24-/m1/s1. The monoisotopic (exact) mass is 424 g/mol. The van der Waals surface area contributed by atoms with Gasteiger partial charge in [0, 0.05) is 20.0 Å². The van der Waals surface area contributed by atoms with Crippen molar-refractivity contribution in [3.63, 3.8) is 0 Å². The van der Waals surface area contributed by atoms with Gasteiger partial charge in [-0.15, -0.1) is 0 Å². The number of hydrogen-bond acceptors (Lipinski definition) is 4. The minimum atomic E-state index is -0.625. The number of amides is 1. The summed E-state index contributed by atoms with van der Waals surface area (Å²) >= 11 is 0. The minimum Gasteiger partial charge on any atom is -0.443 e. The Balaban J connectivity index is 1.56. The summed E-state index contributed by atoms with van der Waals surface area (Å²) in [6.45, 7) is 6.91. The number of carbonyl (C=O) groups excluding carboxylic acids is 1. The molecule has 0 radical (unpaired) electrons. The Labute approximate surface area is 182 Å². The molecule has 1 aliphatic heterocycles. The van der Waals surface area contributed by atoms with E-state index in [9.17, 15) is 9.18 Å². The van der Waals surface area contributed by atoms with Gasteiger partial charge in [-0.1, -0.05) is 26.0 Å². The van der Waals surface area contributed by atoms with Crippen molar-refractivity contribution in [2.45, 2.75) is 52.0 Å². The first kappa shape index (κ1) is 21.3. The van der Waals surface area contributed by atoms with Crippen LogP contribution < -0.4 is 0 Å². The van der Waals surface area contributed by atoms with Crippen LogP contribution in [0.3, 0.4) is 0 Å². The molecule has 0 N–H and O–H groups in total. The highest BCUT2D eigenvalue weighted by Gasteiger charge is 2.45. The van der Waals surface area contributed by atoms with Crippen LogP contribution in [-0.4, -0.2) is 32.1 Å². The van der Waals surface area contributed by atoms with Crippen LogP contribution >= 0.6 is 0 Å². The molecule has 2 aromatic heterocycles. The van der Waals surface area contributed by atoms with Gasteiger partial charge < -0.3 is 9.32 Å².